The molecule has 2 heteroatoms. The van der Waals surface area contributed by atoms with Crippen molar-refractivity contribution in [3.8, 4) is 12.3 Å². The minimum Gasteiger partial charge on any atom is -0.396 e. The maximum atomic E-state index is 10.1. The quantitative estimate of drug-likeness (QED) is 0.811. The Balaban J connectivity index is 1.62. The summed E-state index contributed by atoms with van der Waals surface area (Å²) < 4.78 is 0. The Morgan fingerprint density at radius 2 is 1.80 bits per heavy atom. The fourth-order valence-electron chi connectivity index (χ4n) is 3.88. The third-order valence-corrected chi connectivity index (χ3v) is 5.39. The van der Waals surface area contributed by atoms with E-state index >= 15 is 0 Å². The van der Waals surface area contributed by atoms with Crippen LogP contribution in [0.2, 0.25) is 0 Å². The molecule has 1 saturated heterocycles. The zero-order valence-electron chi connectivity index (χ0n) is 14.8. The Bertz CT molecular complexity index is 701. The maximum Gasteiger partial charge on any atom is 0.0499 e. The molecule has 2 aromatic carbocycles. The number of benzene rings is 2. The summed E-state index contributed by atoms with van der Waals surface area (Å²) >= 11 is 0. The SMILES string of the molecule is C#Cc1ccc(CN2CCCC(CO)(CCc3ccccc3)C2)cc1. The van der Waals surface area contributed by atoms with Crippen molar-refractivity contribution < 1.29 is 5.11 Å². The number of aryl methyl sites for hydroxylation is 1. The lowest BCUT2D eigenvalue weighted by Crippen LogP contribution is -2.45. The Hall–Kier alpha value is -2.08. The highest BCUT2D eigenvalue weighted by Crippen LogP contribution is 2.35. The van der Waals surface area contributed by atoms with Gasteiger partial charge >= 0.3 is 0 Å². The summed E-state index contributed by atoms with van der Waals surface area (Å²) in [5.74, 6) is 2.67. The second kappa shape index (κ2) is 8.34. The summed E-state index contributed by atoms with van der Waals surface area (Å²) in [5.41, 5.74) is 3.59. The van der Waals surface area contributed by atoms with E-state index in [0.29, 0.717) is 0 Å². The van der Waals surface area contributed by atoms with Crippen LogP contribution in [-0.2, 0) is 13.0 Å². The number of nitrogens with zero attached hydrogens (tertiary/aromatic N) is 1. The van der Waals surface area contributed by atoms with Gasteiger partial charge in [0.15, 0.2) is 0 Å². The van der Waals surface area contributed by atoms with Crippen molar-refractivity contribution in [1.29, 1.82) is 0 Å². The summed E-state index contributed by atoms with van der Waals surface area (Å²) in [6, 6.07) is 18.9. The molecular formula is C23H27NO. The predicted octanol–water partition coefficient (Wildman–Crippen LogP) is 3.88. The van der Waals surface area contributed by atoms with Gasteiger partial charge in [-0.15, -0.1) is 6.42 Å². The van der Waals surface area contributed by atoms with Crippen molar-refractivity contribution in [3.63, 3.8) is 0 Å². The van der Waals surface area contributed by atoms with E-state index in [1.807, 2.05) is 12.1 Å². The molecule has 1 unspecified atom stereocenters. The molecular weight excluding hydrogens is 306 g/mol. The molecule has 0 radical (unpaired) electrons. The maximum absolute atomic E-state index is 10.1. The van der Waals surface area contributed by atoms with Crippen LogP contribution in [0.15, 0.2) is 54.6 Å². The highest BCUT2D eigenvalue weighted by Gasteiger charge is 2.34. The zero-order valence-corrected chi connectivity index (χ0v) is 14.8. The number of likely N-dealkylation sites (tertiary alicyclic amines) is 1. The Labute approximate surface area is 151 Å². The molecule has 1 aliphatic heterocycles. The van der Waals surface area contributed by atoms with E-state index in [-0.39, 0.29) is 12.0 Å². The molecule has 1 fully saturated rings. The molecule has 2 aromatic rings. The van der Waals surface area contributed by atoms with Crippen LogP contribution in [0.25, 0.3) is 0 Å². The fraction of sp³-hybridized carbons (Fsp3) is 0.391. The number of aliphatic hydroxyl groups is 1. The van der Waals surface area contributed by atoms with Crippen LogP contribution in [0.4, 0.5) is 0 Å². The summed E-state index contributed by atoms with van der Waals surface area (Å²) in [6.07, 6.45) is 9.77. The molecule has 130 valence electrons. The first kappa shape index (κ1) is 17.7. The molecule has 0 amide bonds. The van der Waals surface area contributed by atoms with Gasteiger partial charge in [-0.2, -0.15) is 0 Å². The van der Waals surface area contributed by atoms with Crippen molar-refractivity contribution in [2.24, 2.45) is 5.41 Å². The van der Waals surface area contributed by atoms with Crippen LogP contribution in [0.5, 0.6) is 0 Å². The first-order valence-electron chi connectivity index (χ1n) is 9.16. The van der Waals surface area contributed by atoms with E-state index in [9.17, 15) is 5.11 Å². The van der Waals surface area contributed by atoms with Gasteiger partial charge in [-0.1, -0.05) is 48.4 Å². The predicted molar refractivity (Wildman–Crippen MR) is 103 cm³/mol. The van der Waals surface area contributed by atoms with E-state index in [4.69, 9.17) is 6.42 Å². The summed E-state index contributed by atoms with van der Waals surface area (Å²) in [6.45, 7) is 3.27. The second-order valence-corrected chi connectivity index (χ2v) is 7.30. The van der Waals surface area contributed by atoms with Gasteiger partial charge < -0.3 is 5.11 Å². The molecule has 1 atom stereocenters. The highest BCUT2D eigenvalue weighted by atomic mass is 16.3. The lowest BCUT2D eigenvalue weighted by molar-refractivity contribution is 0.0224. The van der Waals surface area contributed by atoms with Crippen LogP contribution in [0.1, 0.15) is 36.0 Å². The molecule has 3 rings (SSSR count). The van der Waals surface area contributed by atoms with Gasteiger partial charge in [0.25, 0.3) is 0 Å². The average Bonchev–Trinajstić information content (AvgIpc) is 2.68. The van der Waals surface area contributed by atoms with Crippen LogP contribution in [0, 0.1) is 17.8 Å². The monoisotopic (exact) mass is 333 g/mol. The van der Waals surface area contributed by atoms with Crippen LogP contribution in [-0.4, -0.2) is 29.7 Å². The number of hydrogen-bond donors (Lipinski definition) is 1. The normalized spacial score (nSPS) is 21.0. The van der Waals surface area contributed by atoms with Gasteiger partial charge in [0.2, 0.25) is 0 Å². The zero-order chi connectivity index (χ0) is 17.5. The molecule has 0 spiro atoms. The minimum absolute atomic E-state index is 0.0207. The van der Waals surface area contributed by atoms with E-state index in [1.54, 1.807) is 0 Å². The first-order chi connectivity index (χ1) is 12.2. The standard InChI is InChI=1S/C23H27NO/c1-2-20-9-11-22(12-10-20)17-24-16-6-14-23(18-24,19-25)15-13-21-7-4-3-5-8-21/h1,3-5,7-12,25H,6,13-19H2. The molecule has 0 aliphatic carbocycles. The molecule has 1 N–H and O–H groups in total. The van der Waals surface area contributed by atoms with Gasteiger partial charge in [-0.3, -0.25) is 4.90 Å². The van der Waals surface area contributed by atoms with Gasteiger partial charge in [0.05, 0.1) is 0 Å². The Kier molecular flexibility index (Phi) is 5.91. The molecule has 25 heavy (non-hydrogen) atoms. The van der Waals surface area contributed by atoms with Crippen LogP contribution >= 0.6 is 0 Å². The van der Waals surface area contributed by atoms with E-state index < -0.39 is 0 Å². The Morgan fingerprint density at radius 1 is 1.04 bits per heavy atom. The van der Waals surface area contributed by atoms with Gasteiger partial charge in [-0.05, 0) is 55.5 Å². The number of hydrogen-bond acceptors (Lipinski definition) is 2. The molecule has 1 heterocycles. The van der Waals surface area contributed by atoms with Crippen LogP contribution < -0.4 is 0 Å². The summed E-state index contributed by atoms with van der Waals surface area (Å²) in [5, 5.41) is 10.1. The van der Waals surface area contributed by atoms with E-state index in [0.717, 1.165) is 50.9 Å². The van der Waals surface area contributed by atoms with Crippen molar-refractivity contribution in [1.82, 2.24) is 4.90 Å². The lowest BCUT2D eigenvalue weighted by Gasteiger charge is -2.42. The third kappa shape index (κ3) is 4.72. The third-order valence-electron chi connectivity index (χ3n) is 5.39. The van der Waals surface area contributed by atoms with Gasteiger partial charge in [-0.25, -0.2) is 0 Å². The molecule has 1 aliphatic rings. The van der Waals surface area contributed by atoms with Crippen molar-refractivity contribution in [3.05, 3.63) is 71.3 Å². The molecule has 2 nitrogen and oxygen atoms in total. The fourth-order valence-corrected chi connectivity index (χ4v) is 3.88. The Morgan fingerprint density at radius 3 is 2.48 bits per heavy atom. The summed E-state index contributed by atoms with van der Waals surface area (Å²) in [4.78, 5) is 2.48. The minimum atomic E-state index is 0.0207. The van der Waals surface area contributed by atoms with Crippen molar-refractivity contribution >= 4 is 0 Å². The molecule has 0 saturated carbocycles. The van der Waals surface area contributed by atoms with Crippen molar-refractivity contribution in [2.45, 2.75) is 32.2 Å². The highest BCUT2D eigenvalue weighted by molar-refractivity contribution is 5.34. The van der Waals surface area contributed by atoms with E-state index in [1.165, 1.54) is 11.1 Å². The number of rotatable bonds is 6. The number of piperidine rings is 1. The van der Waals surface area contributed by atoms with Gasteiger partial charge in [0.1, 0.15) is 0 Å². The average molecular weight is 333 g/mol. The smallest absolute Gasteiger partial charge is 0.0499 e. The molecule has 0 aromatic heterocycles. The number of terminal acetylenes is 1. The largest absolute Gasteiger partial charge is 0.396 e. The van der Waals surface area contributed by atoms with Gasteiger partial charge in [0, 0.05) is 30.7 Å². The molecule has 0 bridgehead atoms. The number of aliphatic hydroxyl groups excluding tert-OH is 1. The van der Waals surface area contributed by atoms with Crippen LogP contribution in [0.3, 0.4) is 0 Å². The summed E-state index contributed by atoms with van der Waals surface area (Å²) in [7, 11) is 0. The first-order valence-corrected chi connectivity index (χ1v) is 9.16. The van der Waals surface area contributed by atoms with E-state index in [2.05, 4.69) is 53.3 Å². The lowest BCUT2D eigenvalue weighted by atomic mass is 9.76. The second-order valence-electron chi connectivity index (χ2n) is 7.30. The topological polar surface area (TPSA) is 23.5 Å². The van der Waals surface area contributed by atoms with Crippen molar-refractivity contribution in [2.75, 3.05) is 19.7 Å².